The summed E-state index contributed by atoms with van der Waals surface area (Å²) >= 11 is 0. The van der Waals surface area contributed by atoms with Crippen LogP contribution in [0.2, 0.25) is 0 Å². The monoisotopic (exact) mass is 333 g/mol. The number of ether oxygens (including phenoxy) is 2. The molecule has 2 aliphatic rings. The Labute approximate surface area is 143 Å². The molecule has 3 rings (SSSR count). The fourth-order valence-electron chi connectivity index (χ4n) is 3.51. The van der Waals surface area contributed by atoms with Crippen molar-refractivity contribution in [3.8, 4) is 5.88 Å². The van der Waals surface area contributed by atoms with Gasteiger partial charge in [-0.2, -0.15) is 0 Å². The van der Waals surface area contributed by atoms with E-state index in [9.17, 15) is 9.90 Å². The highest BCUT2D eigenvalue weighted by molar-refractivity contribution is 5.70. The molecule has 1 atom stereocenters. The molecule has 0 bridgehead atoms. The highest BCUT2D eigenvalue weighted by Crippen LogP contribution is 2.45. The van der Waals surface area contributed by atoms with Crippen molar-refractivity contribution in [1.29, 1.82) is 0 Å². The molecular weight excluding hydrogens is 306 g/mol. The van der Waals surface area contributed by atoms with E-state index in [-0.39, 0.29) is 24.1 Å². The number of carbonyl (C=O) groups is 1. The van der Waals surface area contributed by atoms with Gasteiger partial charge in [-0.1, -0.05) is 0 Å². The molecule has 1 unspecified atom stereocenters. The zero-order valence-electron chi connectivity index (χ0n) is 14.3. The lowest BCUT2D eigenvalue weighted by atomic mass is 9.91. The Bertz CT molecular complexity index is 550. The van der Waals surface area contributed by atoms with E-state index in [4.69, 9.17) is 9.47 Å². The normalized spacial score (nSPS) is 25.1. The van der Waals surface area contributed by atoms with Gasteiger partial charge < -0.3 is 14.6 Å². The number of hydrogen-bond donors (Lipinski definition) is 1. The van der Waals surface area contributed by atoms with Crippen LogP contribution in [0.3, 0.4) is 0 Å². The topological polar surface area (TPSA) is 68.7 Å². The van der Waals surface area contributed by atoms with E-state index in [1.54, 1.807) is 6.20 Å². The van der Waals surface area contributed by atoms with Crippen LogP contribution >= 0.6 is 0 Å². The van der Waals surface area contributed by atoms with E-state index in [0.717, 1.165) is 31.2 Å². The largest absolute Gasteiger partial charge is 0.474 e. The summed E-state index contributed by atoms with van der Waals surface area (Å²) in [5, 5.41) is 9.59. The number of rotatable bonds is 7. The van der Waals surface area contributed by atoms with Gasteiger partial charge in [0, 0.05) is 12.3 Å². The summed E-state index contributed by atoms with van der Waals surface area (Å²) in [6, 6.07) is 3.97. The van der Waals surface area contributed by atoms with Crippen molar-refractivity contribution in [2.45, 2.75) is 70.0 Å². The summed E-state index contributed by atoms with van der Waals surface area (Å²) in [7, 11) is 0. The highest BCUT2D eigenvalue weighted by Gasteiger charge is 2.34. The van der Waals surface area contributed by atoms with Crippen molar-refractivity contribution < 1.29 is 19.4 Å². The molecule has 132 valence electrons. The minimum atomic E-state index is -0.187. The van der Waals surface area contributed by atoms with Gasteiger partial charge in [-0.25, -0.2) is 4.98 Å². The van der Waals surface area contributed by atoms with Gasteiger partial charge in [0.05, 0.1) is 19.1 Å². The second kappa shape index (κ2) is 7.97. The lowest BCUT2D eigenvalue weighted by Gasteiger charge is -2.26. The molecule has 5 nitrogen and oxygen atoms in total. The van der Waals surface area contributed by atoms with E-state index in [1.165, 1.54) is 12.8 Å². The molecule has 0 radical (unpaired) electrons. The first-order valence-corrected chi connectivity index (χ1v) is 9.12. The summed E-state index contributed by atoms with van der Waals surface area (Å²) < 4.78 is 11.1. The van der Waals surface area contributed by atoms with Gasteiger partial charge in [0.1, 0.15) is 6.10 Å². The van der Waals surface area contributed by atoms with Crippen molar-refractivity contribution in [1.82, 2.24) is 4.98 Å². The van der Waals surface area contributed by atoms with Crippen molar-refractivity contribution in [2.24, 2.45) is 5.92 Å². The molecule has 0 spiro atoms. The predicted molar refractivity (Wildman–Crippen MR) is 89.8 cm³/mol. The molecule has 1 aromatic heterocycles. The van der Waals surface area contributed by atoms with Gasteiger partial charge in [-0.15, -0.1) is 0 Å². The summed E-state index contributed by atoms with van der Waals surface area (Å²) in [5.74, 6) is 1.26. The standard InChI is InChI=1S/C19H27NO4/c1-2-23-19(22)12-17(13-3-4-13)14-9-10-20-18(11-14)24-16-7-5-15(21)6-8-16/h9-11,13,15-17,21H,2-8,12H2,1H3. The van der Waals surface area contributed by atoms with Crippen molar-refractivity contribution in [3.63, 3.8) is 0 Å². The van der Waals surface area contributed by atoms with E-state index in [1.807, 2.05) is 19.1 Å². The number of aliphatic hydroxyl groups excluding tert-OH is 1. The Hall–Kier alpha value is -1.62. The summed E-state index contributed by atoms with van der Waals surface area (Å²) in [6.07, 6.45) is 7.78. The molecule has 5 heteroatoms. The van der Waals surface area contributed by atoms with Gasteiger partial charge in [-0.05, 0) is 68.9 Å². The van der Waals surface area contributed by atoms with Crippen LogP contribution in [0.15, 0.2) is 18.3 Å². The third kappa shape index (κ3) is 4.69. The maximum absolute atomic E-state index is 11.9. The first kappa shape index (κ1) is 17.2. The zero-order valence-corrected chi connectivity index (χ0v) is 14.3. The number of aromatic nitrogens is 1. The number of nitrogens with zero attached hydrogens (tertiary/aromatic N) is 1. The van der Waals surface area contributed by atoms with E-state index < -0.39 is 0 Å². The molecule has 2 aliphatic carbocycles. The molecule has 0 amide bonds. The molecule has 0 aromatic carbocycles. The lowest BCUT2D eigenvalue weighted by molar-refractivity contribution is -0.143. The fraction of sp³-hybridized carbons (Fsp3) is 0.684. The van der Waals surface area contributed by atoms with Crippen LogP contribution in [-0.2, 0) is 9.53 Å². The molecule has 1 aromatic rings. The van der Waals surface area contributed by atoms with Gasteiger partial charge in [0.15, 0.2) is 0 Å². The zero-order chi connectivity index (χ0) is 16.9. The fourth-order valence-corrected chi connectivity index (χ4v) is 3.51. The maximum Gasteiger partial charge on any atom is 0.306 e. The van der Waals surface area contributed by atoms with Crippen LogP contribution in [0.25, 0.3) is 0 Å². The Morgan fingerprint density at radius 3 is 2.71 bits per heavy atom. The number of hydrogen-bond acceptors (Lipinski definition) is 5. The van der Waals surface area contributed by atoms with Crippen molar-refractivity contribution in [3.05, 3.63) is 23.9 Å². The Morgan fingerprint density at radius 2 is 2.04 bits per heavy atom. The third-order valence-corrected chi connectivity index (χ3v) is 5.00. The van der Waals surface area contributed by atoms with E-state index in [0.29, 0.717) is 24.8 Å². The van der Waals surface area contributed by atoms with Crippen LogP contribution in [0.1, 0.15) is 63.4 Å². The Balaban J connectivity index is 1.65. The summed E-state index contributed by atoms with van der Waals surface area (Å²) in [4.78, 5) is 16.2. The van der Waals surface area contributed by atoms with Gasteiger partial charge in [-0.3, -0.25) is 4.79 Å². The Kier molecular flexibility index (Phi) is 5.72. The number of carbonyl (C=O) groups excluding carboxylic acids is 1. The minimum Gasteiger partial charge on any atom is -0.474 e. The predicted octanol–water partition coefficient (Wildman–Crippen LogP) is 3.21. The van der Waals surface area contributed by atoms with Crippen LogP contribution in [0, 0.1) is 5.92 Å². The lowest BCUT2D eigenvalue weighted by Crippen LogP contribution is -2.26. The molecular formula is C19H27NO4. The summed E-state index contributed by atoms with van der Waals surface area (Å²) in [6.45, 7) is 2.26. The second-order valence-electron chi connectivity index (χ2n) is 6.93. The van der Waals surface area contributed by atoms with Crippen molar-refractivity contribution >= 4 is 5.97 Å². The van der Waals surface area contributed by atoms with Gasteiger partial charge >= 0.3 is 5.97 Å². The molecule has 24 heavy (non-hydrogen) atoms. The third-order valence-electron chi connectivity index (χ3n) is 5.00. The molecule has 1 N–H and O–H groups in total. The van der Waals surface area contributed by atoms with Gasteiger partial charge in [0.2, 0.25) is 5.88 Å². The van der Waals surface area contributed by atoms with E-state index >= 15 is 0 Å². The minimum absolute atomic E-state index is 0.126. The summed E-state index contributed by atoms with van der Waals surface area (Å²) in [5.41, 5.74) is 1.12. The number of pyridine rings is 1. The molecule has 0 saturated heterocycles. The average Bonchev–Trinajstić information content (AvgIpc) is 3.40. The SMILES string of the molecule is CCOC(=O)CC(c1ccnc(OC2CCC(O)CC2)c1)C1CC1. The van der Waals surface area contributed by atoms with Crippen molar-refractivity contribution in [2.75, 3.05) is 6.61 Å². The average molecular weight is 333 g/mol. The maximum atomic E-state index is 11.9. The number of aliphatic hydroxyl groups is 1. The molecule has 2 saturated carbocycles. The first-order chi connectivity index (χ1) is 11.7. The van der Waals surface area contributed by atoms with E-state index in [2.05, 4.69) is 4.98 Å². The smallest absolute Gasteiger partial charge is 0.306 e. The highest BCUT2D eigenvalue weighted by atomic mass is 16.5. The number of esters is 1. The van der Waals surface area contributed by atoms with Crippen LogP contribution in [0.4, 0.5) is 0 Å². The van der Waals surface area contributed by atoms with Crippen LogP contribution < -0.4 is 4.74 Å². The quantitative estimate of drug-likeness (QED) is 0.776. The van der Waals surface area contributed by atoms with Gasteiger partial charge in [0.25, 0.3) is 0 Å². The second-order valence-corrected chi connectivity index (χ2v) is 6.93. The van der Waals surface area contributed by atoms with Crippen LogP contribution in [-0.4, -0.2) is 34.9 Å². The van der Waals surface area contributed by atoms with Crippen LogP contribution in [0.5, 0.6) is 5.88 Å². The molecule has 1 heterocycles. The first-order valence-electron chi connectivity index (χ1n) is 9.12. The molecule has 0 aliphatic heterocycles. The Morgan fingerprint density at radius 1 is 1.29 bits per heavy atom. The molecule has 2 fully saturated rings.